The Labute approximate surface area is 110 Å². The first-order valence-electron chi connectivity index (χ1n) is 5.70. The number of carbonyl (C=O) groups is 1. The molecule has 2 aromatic rings. The summed E-state index contributed by atoms with van der Waals surface area (Å²) in [4.78, 5) is 12.2. The molecule has 1 amide bonds. The maximum Gasteiger partial charge on any atom is 0.261 e. The molecule has 0 atom stereocenters. The van der Waals surface area contributed by atoms with E-state index in [0.717, 1.165) is 0 Å². The van der Waals surface area contributed by atoms with Gasteiger partial charge in [0.25, 0.3) is 5.91 Å². The van der Waals surface area contributed by atoms with E-state index in [1.807, 2.05) is 0 Å². The topological polar surface area (TPSA) is 90.4 Å². The molecule has 6 heteroatoms. The number of ether oxygens (including phenoxy) is 1. The Morgan fingerprint density at radius 3 is 2.74 bits per heavy atom. The highest BCUT2D eigenvalue weighted by atomic mass is 16.5. The van der Waals surface area contributed by atoms with E-state index >= 15 is 0 Å². The molecule has 1 aromatic heterocycles. The third kappa shape index (κ3) is 2.52. The van der Waals surface area contributed by atoms with Gasteiger partial charge < -0.3 is 20.3 Å². The molecule has 0 spiro atoms. The molecule has 1 aromatic carbocycles. The minimum absolute atomic E-state index is 0.309. The lowest BCUT2D eigenvalue weighted by atomic mass is 10.2. The van der Waals surface area contributed by atoms with Gasteiger partial charge in [0, 0.05) is 6.07 Å². The van der Waals surface area contributed by atoms with Gasteiger partial charge in [-0.2, -0.15) is 0 Å². The molecular formula is C13H15N3O3. The van der Waals surface area contributed by atoms with E-state index in [1.165, 1.54) is 0 Å². The van der Waals surface area contributed by atoms with Crippen molar-refractivity contribution in [1.82, 2.24) is 5.16 Å². The summed E-state index contributed by atoms with van der Waals surface area (Å²) in [5.41, 5.74) is 7.72. The molecule has 1 heterocycles. The van der Waals surface area contributed by atoms with Crippen molar-refractivity contribution in [2.45, 2.75) is 13.8 Å². The van der Waals surface area contributed by atoms with Crippen molar-refractivity contribution in [2.24, 2.45) is 0 Å². The number of nitrogen functional groups attached to an aromatic ring is 1. The van der Waals surface area contributed by atoms with Crippen LogP contribution in [0.25, 0.3) is 0 Å². The first-order valence-corrected chi connectivity index (χ1v) is 5.70. The lowest BCUT2D eigenvalue weighted by Gasteiger charge is -2.09. The Morgan fingerprint density at radius 2 is 2.16 bits per heavy atom. The Kier molecular flexibility index (Phi) is 3.41. The predicted molar refractivity (Wildman–Crippen MR) is 71.3 cm³/mol. The quantitative estimate of drug-likeness (QED) is 0.826. The first kappa shape index (κ1) is 12.9. The number of nitrogens with two attached hydrogens (primary N) is 1. The SMILES string of the molecule is COc1ccc(N)c(NC(=O)c2c(C)noc2C)c1. The maximum absolute atomic E-state index is 12.2. The number of methoxy groups -OCH3 is 1. The highest BCUT2D eigenvalue weighted by molar-refractivity contribution is 6.07. The number of aryl methyl sites for hydroxylation is 2. The van der Waals surface area contributed by atoms with Crippen LogP contribution in [0.15, 0.2) is 22.7 Å². The Morgan fingerprint density at radius 1 is 1.42 bits per heavy atom. The monoisotopic (exact) mass is 261 g/mol. The third-order valence-corrected chi connectivity index (χ3v) is 2.77. The second-order valence-electron chi connectivity index (χ2n) is 4.11. The van der Waals surface area contributed by atoms with Crippen LogP contribution < -0.4 is 15.8 Å². The first-order chi connectivity index (χ1) is 9.02. The van der Waals surface area contributed by atoms with Gasteiger partial charge in [-0.25, -0.2) is 0 Å². The molecule has 0 aliphatic carbocycles. The molecule has 100 valence electrons. The zero-order chi connectivity index (χ0) is 14.0. The average molecular weight is 261 g/mol. The average Bonchev–Trinajstić information content (AvgIpc) is 2.71. The molecule has 0 aliphatic heterocycles. The number of benzene rings is 1. The largest absolute Gasteiger partial charge is 0.497 e. The van der Waals surface area contributed by atoms with Gasteiger partial charge in [-0.15, -0.1) is 0 Å². The molecule has 2 rings (SSSR count). The van der Waals surface area contributed by atoms with Gasteiger partial charge in [-0.3, -0.25) is 4.79 Å². The van der Waals surface area contributed by atoms with E-state index in [1.54, 1.807) is 39.2 Å². The Balaban J connectivity index is 2.29. The highest BCUT2D eigenvalue weighted by Gasteiger charge is 2.18. The number of hydrogen-bond donors (Lipinski definition) is 2. The number of amides is 1. The number of anilines is 2. The van der Waals surface area contributed by atoms with E-state index in [9.17, 15) is 4.79 Å². The van der Waals surface area contributed by atoms with Crippen molar-refractivity contribution < 1.29 is 14.1 Å². The lowest BCUT2D eigenvalue weighted by Crippen LogP contribution is -2.14. The molecule has 19 heavy (non-hydrogen) atoms. The standard InChI is InChI=1S/C13H15N3O3/c1-7-12(8(2)19-16-7)13(17)15-11-6-9(18-3)4-5-10(11)14/h4-6H,14H2,1-3H3,(H,15,17). The molecule has 6 nitrogen and oxygen atoms in total. The van der Waals surface area contributed by atoms with Crippen molar-refractivity contribution >= 4 is 17.3 Å². The molecular weight excluding hydrogens is 246 g/mol. The van der Waals surface area contributed by atoms with Crippen LogP contribution in [0.2, 0.25) is 0 Å². The van der Waals surface area contributed by atoms with Gasteiger partial charge in [0.1, 0.15) is 17.1 Å². The van der Waals surface area contributed by atoms with E-state index in [4.69, 9.17) is 15.0 Å². The van der Waals surface area contributed by atoms with Crippen LogP contribution in [0, 0.1) is 13.8 Å². The Bertz CT molecular complexity index is 600. The molecule has 0 unspecified atom stereocenters. The van der Waals surface area contributed by atoms with Crippen molar-refractivity contribution in [3.05, 3.63) is 35.2 Å². The van der Waals surface area contributed by atoms with Gasteiger partial charge in [-0.1, -0.05) is 5.16 Å². The normalized spacial score (nSPS) is 10.3. The summed E-state index contributed by atoms with van der Waals surface area (Å²) in [6, 6.07) is 5.05. The van der Waals surface area contributed by atoms with Crippen LogP contribution in [0.3, 0.4) is 0 Å². The maximum atomic E-state index is 12.2. The summed E-state index contributed by atoms with van der Waals surface area (Å²) in [7, 11) is 1.55. The van der Waals surface area contributed by atoms with Crippen LogP contribution in [-0.4, -0.2) is 18.2 Å². The second kappa shape index (κ2) is 5.01. The fraction of sp³-hybridized carbons (Fsp3) is 0.231. The van der Waals surface area contributed by atoms with Crippen molar-refractivity contribution in [1.29, 1.82) is 0 Å². The molecule has 0 bridgehead atoms. The minimum Gasteiger partial charge on any atom is -0.497 e. The van der Waals surface area contributed by atoms with Gasteiger partial charge >= 0.3 is 0 Å². The van der Waals surface area contributed by atoms with Gasteiger partial charge in [-0.05, 0) is 26.0 Å². The van der Waals surface area contributed by atoms with Gasteiger partial charge in [0.2, 0.25) is 0 Å². The van der Waals surface area contributed by atoms with E-state index in [2.05, 4.69) is 10.5 Å². The van der Waals surface area contributed by atoms with Gasteiger partial charge in [0.05, 0.1) is 24.2 Å². The number of nitrogens with zero attached hydrogens (tertiary/aromatic N) is 1. The number of carbonyl (C=O) groups excluding carboxylic acids is 1. The fourth-order valence-electron chi connectivity index (χ4n) is 1.76. The number of rotatable bonds is 3. The molecule has 0 fully saturated rings. The number of aromatic nitrogens is 1. The van der Waals surface area contributed by atoms with Crippen molar-refractivity contribution in [3.63, 3.8) is 0 Å². The number of nitrogens with one attached hydrogen (secondary N) is 1. The van der Waals surface area contributed by atoms with E-state index < -0.39 is 0 Å². The molecule has 0 saturated heterocycles. The Hall–Kier alpha value is -2.50. The summed E-state index contributed by atoms with van der Waals surface area (Å²) < 4.78 is 10.1. The van der Waals surface area contributed by atoms with Crippen LogP contribution in [0.1, 0.15) is 21.8 Å². The zero-order valence-electron chi connectivity index (χ0n) is 11.0. The van der Waals surface area contributed by atoms with E-state index in [0.29, 0.717) is 34.1 Å². The zero-order valence-corrected chi connectivity index (χ0v) is 11.0. The van der Waals surface area contributed by atoms with Crippen LogP contribution in [-0.2, 0) is 0 Å². The molecule has 0 aliphatic rings. The summed E-state index contributed by atoms with van der Waals surface area (Å²) in [6.07, 6.45) is 0. The molecule has 0 radical (unpaired) electrons. The van der Waals surface area contributed by atoms with Crippen LogP contribution in [0.4, 0.5) is 11.4 Å². The van der Waals surface area contributed by atoms with Crippen LogP contribution >= 0.6 is 0 Å². The fourth-order valence-corrected chi connectivity index (χ4v) is 1.76. The van der Waals surface area contributed by atoms with Crippen molar-refractivity contribution in [2.75, 3.05) is 18.2 Å². The highest BCUT2D eigenvalue weighted by Crippen LogP contribution is 2.25. The van der Waals surface area contributed by atoms with Gasteiger partial charge in [0.15, 0.2) is 0 Å². The van der Waals surface area contributed by atoms with Crippen molar-refractivity contribution in [3.8, 4) is 5.75 Å². The summed E-state index contributed by atoms with van der Waals surface area (Å²) in [5, 5.41) is 6.47. The smallest absolute Gasteiger partial charge is 0.261 e. The predicted octanol–water partition coefficient (Wildman–Crippen LogP) is 2.13. The molecule has 3 N–H and O–H groups in total. The molecule has 0 saturated carbocycles. The second-order valence-corrected chi connectivity index (χ2v) is 4.11. The van der Waals surface area contributed by atoms with E-state index in [-0.39, 0.29) is 5.91 Å². The number of hydrogen-bond acceptors (Lipinski definition) is 5. The third-order valence-electron chi connectivity index (χ3n) is 2.77. The summed E-state index contributed by atoms with van der Waals surface area (Å²) >= 11 is 0. The summed E-state index contributed by atoms with van der Waals surface area (Å²) in [5.74, 6) is 0.774. The summed E-state index contributed by atoms with van der Waals surface area (Å²) in [6.45, 7) is 3.39. The lowest BCUT2D eigenvalue weighted by molar-refractivity contribution is 0.102. The van der Waals surface area contributed by atoms with Crippen LogP contribution in [0.5, 0.6) is 5.75 Å². The minimum atomic E-state index is -0.309.